The predicted molar refractivity (Wildman–Crippen MR) is 80.4 cm³/mol. The van der Waals surface area contributed by atoms with E-state index >= 15 is 0 Å². The van der Waals surface area contributed by atoms with Crippen molar-refractivity contribution in [2.75, 3.05) is 7.05 Å². The zero-order valence-corrected chi connectivity index (χ0v) is 12.7. The van der Waals surface area contributed by atoms with Gasteiger partial charge >= 0.3 is 0 Å². The second kappa shape index (κ2) is 5.96. The van der Waals surface area contributed by atoms with Crippen LogP contribution in [0.3, 0.4) is 0 Å². The van der Waals surface area contributed by atoms with Crippen LogP contribution in [0.5, 0.6) is 5.75 Å². The summed E-state index contributed by atoms with van der Waals surface area (Å²) in [7, 11) is 2.21. The minimum absolute atomic E-state index is 0.269. The number of aromatic hydroxyl groups is 1. The van der Waals surface area contributed by atoms with E-state index in [4.69, 9.17) is 0 Å². The Bertz CT molecular complexity index is 429. The second-order valence-corrected chi connectivity index (χ2v) is 6.23. The normalized spacial score (nSPS) is 25.5. The highest BCUT2D eigenvalue weighted by Gasteiger charge is 2.28. The van der Waals surface area contributed by atoms with Gasteiger partial charge in [0, 0.05) is 17.6 Å². The quantitative estimate of drug-likeness (QED) is 0.878. The first kappa shape index (κ1) is 14.4. The molecular formula is C17H27NO. The highest BCUT2D eigenvalue weighted by atomic mass is 16.3. The molecule has 0 heterocycles. The Kier molecular flexibility index (Phi) is 4.51. The van der Waals surface area contributed by atoms with Crippen LogP contribution in [0.4, 0.5) is 0 Å². The van der Waals surface area contributed by atoms with Crippen molar-refractivity contribution in [2.24, 2.45) is 5.92 Å². The van der Waals surface area contributed by atoms with E-state index in [9.17, 15) is 5.11 Å². The zero-order chi connectivity index (χ0) is 14.0. The molecule has 2 nitrogen and oxygen atoms in total. The smallest absolute Gasteiger partial charge is 0.120 e. The summed E-state index contributed by atoms with van der Waals surface area (Å²) in [6, 6.07) is 6.81. The third-order valence-electron chi connectivity index (χ3n) is 4.83. The Morgan fingerprint density at radius 3 is 2.63 bits per heavy atom. The van der Waals surface area contributed by atoms with E-state index in [2.05, 4.69) is 38.8 Å². The number of aryl methyl sites for hydroxylation is 1. The third-order valence-corrected chi connectivity index (χ3v) is 4.83. The van der Waals surface area contributed by atoms with Gasteiger partial charge in [-0.3, -0.25) is 4.90 Å². The van der Waals surface area contributed by atoms with Gasteiger partial charge < -0.3 is 5.11 Å². The fourth-order valence-corrected chi connectivity index (χ4v) is 3.42. The molecule has 0 radical (unpaired) electrons. The number of benzene rings is 1. The molecule has 1 aromatic carbocycles. The molecule has 106 valence electrons. The molecule has 1 N–H and O–H groups in total. The van der Waals surface area contributed by atoms with E-state index < -0.39 is 0 Å². The van der Waals surface area contributed by atoms with Gasteiger partial charge in [0.15, 0.2) is 0 Å². The SMILES string of the molecule is Cc1ccc(O)c(C(C)N(C)C2CCCCC2C)c1. The lowest BCUT2D eigenvalue weighted by Crippen LogP contribution is -2.40. The van der Waals surface area contributed by atoms with E-state index in [0.717, 1.165) is 11.5 Å². The molecule has 1 aromatic rings. The first-order chi connectivity index (χ1) is 9.00. The van der Waals surface area contributed by atoms with Crippen molar-refractivity contribution in [2.45, 2.75) is 58.5 Å². The van der Waals surface area contributed by atoms with Crippen LogP contribution in [0.25, 0.3) is 0 Å². The van der Waals surface area contributed by atoms with Crippen molar-refractivity contribution >= 4 is 0 Å². The molecule has 0 aromatic heterocycles. The van der Waals surface area contributed by atoms with Gasteiger partial charge in [-0.2, -0.15) is 0 Å². The highest BCUT2D eigenvalue weighted by Crippen LogP contribution is 2.35. The van der Waals surface area contributed by atoms with Crippen molar-refractivity contribution in [3.63, 3.8) is 0 Å². The minimum Gasteiger partial charge on any atom is -0.508 e. The second-order valence-electron chi connectivity index (χ2n) is 6.23. The summed E-state index contributed by atoms with van der Waals surface area (Å²) in [6.45, 7) is 6.65. The summed E-state index contributed by atoms with van der Waals surface area (Å²) in [4.78, 5) is 2.46. The molecule has 3 atom stereocenters. The Morgan fingerprint density at radius 1 is 1.26 bits per heavy atom. The number of phenols is 1. The molecule has 1 aliphatic rings. The highest BCUT2D eigenvalue weighted by molar-refractivity contribution is 5.37. The van der Waals surface area contributed by atoms with Crippen LogP contribution < -0.4 is 0 Å². The molecular weight excluding hydrogens is 234 g/mol. The minimum atomic E-state index is 0.269. The predicted octanol–water partition coefficient (Wildman–Crippen LogP) is 4.27. The van der Waals surface area contributed by atoms with E-state index in [1.807, 2.05) is 12.1 Å². The average Bonchev–Trinajstić information content (AvgIpc) is 2.40. The molecule has 0 saturated heterocycles. The molecule has 0 spiro atoms. The maximum absolute atomic E-state index is 10.1. The molecule has 19 heavy (non-hydrogen) atoms. The van der Waals surface area contributed by atoms with Crippen molar-refractivity contribution in [1.29, 1.82) is 0 Å². The van der Waals surface area contributed by atoms with Gasteiger partial charge in [0.2, 0.25) is 0 Å². The molecule has 2 heteroatoms. The van der Waals surface area contributed by atoms with Crippen LogP contribution in [0.1, 0.15) is 56.7 Å². The van der Waals surface area contributed by atoms with E-state index in [1.165, 1.54) is 31.2 Å². The number of hydrogen-bond acceptors (Lipinski definition) is 2. The Morgan fingerprint density at radius 2 is 1.95 bits per heavy atom. The van der Waals surface area contributed by atoms with Gasteiger partial charge in [0.25, 0.3) is 0 Å². The van der Waals surface area contributed by atoms with Gasteiger partial charge in [-0.15, -0.1) is 0 Å². The van der Waals surface area contributed by atoms with Gasteiger partial charge in [-0.1, -0.05) is 37.5 Å². The summed E-state index contributed by atoms with van der Waals surface area (Å²) in [5, 5.41) is 10.1. The molecule has 2 rings (SSSR count). The number of nitrogens with zero attached hydrogens (tertiary/aromatic N) is 1. The van der Waals surface area contributed by atoms with Gasteiger partial charge in [0.1, 0.15) is 5.75 Å². The third kappa shape index (κ3) is 3.11. The lowest BCUT2D eigenvalue weighted by Gasteiger charge is -2.40. The van der Waals surface area contributed by atoms with Gasteiger partial charge in [0.05, 0.1) is 0 Å². The summed E-state index contributed by atoms with van der Waals surface area (Å²) in [5.74, 6) is 1.18. The van der Waals surface area contributed by atoms with E-state index in [0.29, 0.717) is 11.8 Å². The van der Waals surface area contributed by atoms with Gasteiger partial charge in [-0.05, 0) is 45.7 Å². The molecule has 1 aliphatic carbocycles. The lowest BCUT2D eigenvalue weighted by molar-refractivity contribution is 0.102. The maximum atomic E-state index is 10.1. The van der Waals surface area contributed by atoms with Gasteiger partial charge in [-0.25, -0.2) is 0 Å². The van der Waals surface area contributed by atoms with Crippen LogP contribution in [0.15, 0.2) is 18.2 Å². The number of hydrogen-bond donors (Lipinski definition) is 1. The lowest BCUT2D eigenvalue weighted by atomic mass is 9.84. The first-order valence-electron chi connectivity index (χ1n) is 7.52. The van der Waals surface area contributed by atoms with E-state index in [-0.39, 0.29) is 6.04 Å². The summed E-state index contributed by atoms with van der Waals surface area (Å²) in [5.41, 5.74) is 2.27. The monoisotopic (exact) mass is 261 g/mol. The fraction of sp³-hybridized carbons (Fsp3) is 0.647. The number of rotatable bonds is 3. The molecule has 1 fully saturated rings. The van der Waals surface area contributed by atoms with Crippen LogP contribution in [-0.2, 0) is 0 Å². The molecule has 3 unspecified atom stereocenters. The van der Waals surface area contributed by atoms with Crippen molar-refractivity contribution < 1.29 is 5.11 Å². The summed E-state index contributed by atoms with van der Waals surface area (Å²) in [6.07, 6.45) is 5.33. The first-order valence-corrected chi connectivity index (χ1v) is 7.52. The summed E-state index contributed by atoms with van der Waals surface area (Å²) >= 11 is 0. The van der Waals surface area contributed by atoms with Crippen LogP contribution >= 0.6 is 0 Å². The van der Waals surface area contributed by atoms with Crippen molar-refractivity contribution in [1.82, 2.24) is 4.90 Å². The molecule has 0 aliphatic heterocycles. The van der Waals surface area contributed by atoms with E-state index in [1.54, 1.807) is 0 Å². The Labute approximate surface area is 117 Å². The topological polar surface area (TPSA) is 23.5 Å². The van der Waals surface area contributed by atoms with Crippen LogP contribution in [0.2, 0.25) is 0 Å². The van der Waals surface area contributed by atoms with Crippen molar-refractivity contribution in [3.8, 4) is 5.75 Å². The standard InChI is InChI=1S/C17H27NO/c1-12-9-10-17(19)15(11-12)14(3)18(4)16-8-6-5-7-13(16)2/h9-11,13-14,16,19H,5-8H2,1-4H3. The fourth-order valence-electron chi connectivity index (χ4n) is 3.42. The van der Waals surface area contributed by atoms with Crippen LogP contribution in [-0.4, -0.2) is 23.1 Å². The zero-order valence-electron chi connectivity index (χ0n) is 12.7. The summed E-state index contributed by atoms with van der Waals surface area (Å²) < 4.78 is 0. The Hall–Kier alpha value is -1.02. The maximum Gasteiger partial charge on any atom is 0.120 e. The molecule has 0 bridgehead atoms. The Balaban J connectivity index is 2.17. The number of phenolic OH excluding ortho intramolecular Hbond substituents is 1. The van der Waals surface area contributed by atoms with Crippen molar-refractivity contribution in [3.05, 3.63) is 29.3 Å². The molecule has 0 amide bonds. The average molecular weight is 261 g/mol. The molecule has 1 saturated carbocycles. The van der Waals surface area contributed by atoms with Crippen LogP contribution in [0, 0.1) is 12.8 Å². The largest absolute Gasteiger partial charge is 0.508 e.